The van der Waals surface area contributed by atoms with Gasteiger partial charge in [0.05, 0.1) is 52.5 Å². The number of rotatable bonds is 11. The lowest BCUT2D eigenvalue weighted by Gasteiger charge is -2.37. The van der Waals surface area contributed by atoms with Gasteiger partial charge in [-0.1, -0.05) is 39.8 Å². The van der Waals surface area contributed by atoms with Gasteiger partial charge in [0.25, 0.3) is 0 Å². The number of amides is 7. The van der Waals surface area contributed by atoms with E-state index in [1.807, 2.05) is 30.5 Å². The fourth-order valence-electron chi connectivity index (χ4n) is 7.57. The number of aromatic nitrogens is 1. The minimum atomic E-state index is -1.65. The predicted octanol–water partition coefficient (Wildman–Crippen LogP) is -0.878. The van der Waals surface area contributed by atoms with E-state index in [1.54, 1.807) is 0 Å². The van der Waals surface area contributed by atoms with Crippen LogP contribution in [0.3, 0.4) is 0 Å². The van der Waals surface area contributed by atoms with Crippen molar-refractivity contribution >= 4 is 79.8 Å². The monoisotopic (exact) mass is 904 g/mol. The molecule has 2 aromatic rings. The van der Waals surface area contributed by atoms with E-state index in [0.29, 0.717) is 19.6 Å². The van der Waals surface area contributed by atoms with E-state index in [1.165, 1.54) is 33.4 Å². The molecule has 9 N–H and O–H groups in total. The first kappa shape index (κ1) is 48.1. The number of carbonyl (C=O) groups excluding carboxylic acids is 7. The van der Waals surface area contributed by atoms with Crippen LogP contribution in [0.25, 0.3) is 10.9 Å². The fourth-order valence-corrected chi connectivity index (χ4v) is 9.74. The third-order valence-electron chi connectivity index (χ3n) is 11.2. The number of nitrogens with one attached hydrogen (secondary N) is 6. The lowest BCUT2D eigenvalue weighted by atomic mass is 10.1. The van der Waals surface area contributed by atoms with Gasteiger partial charge in [-0.25, -0.2) is 0 Å². The van der Waals surface area contributed by atoms with E-state index < -0.39 is 96.6 Å². The van der Waals surface area contributed by atoms with E-state index in [-0.39, 0.29) is 43.9 Å². The number of carboxylic acids is 1. The Labute approximate surface area is 367 Å². The van der Waals surface area contributed by atoms with Crippen LogP contribution in [0.5, 0.6) is 0 Å². The van der Waals surface area contributed by atoms with E-state index in [9.17, 15) is 43.5 Å². The first-order valence-electron chi connectivity index (χ1n) is 20.7. The highest BCUT2D eigenvalue weighted by Gasteiger charge is 2.43. The topological polar surface area (TPSA) is 280 Å². The van der Waals surface area contributed by atoms with Crippen molar-refractivity contribution in [2.75, 3.05) is 64.5 Å². The molecule has 22 heteroatoms. The number of carboxylic acid groups (broad SMARTS) is 1. The summed E-state index contributed by atoms with van der Waals surface area (Å²) in [7, 11) is 4.63. The number of primary amides is 1. The number of H-pyrrole nitrogens is 1. The van der Waals surface area contributed by atoms with Crippen molar-refractivity contribution in [3.63, 3.8) is 0 Å². The van der Waals surface area contributed by atoms with Crippen LogP contribution in [0.2, 0.25) is 0 Å². The minimum absolute atomic E-state index is 0.00768. The summed E-state index contributed by atoms with van der Waals surface area (Å²) in [5.74, 6) is -6.22. The van der Waals surface area contributed by atoms with E-state index >= 15 is 0 Å². The average Bonchev–Trinajstić information content (AvgIpc) is 3.86. The van der Waals surface area contributed by atoms with Crippen LogP contribution >= 0.6 is 21.6 Å². The van der Waals surface area contributed by atoms with E-state index in [2.05, 4.69) is 38.6 Å². The van der Waals surface area contributed by atoms with Gasteiger partial charge in [0.1, 0.15) is 43.3 Å². The molecule has 0 aliphatic carbocycles. The summed E-state index contributed by atoms with van der Waals surface area (Å²) in [6.45, 7) is 4.76. The number of para-hydroxylation sites is 1. The molecule has 7 amide bonds. The van der Waals surface area contributed by atoms with Gasteiger partial charge in [-0.3, -0.25) is 38.4 Å². The molecule has 20 nitrogen and oxygen atoms in total. The molecule has 3 unspecified atom stereocenters. The number of hydrogen-bond donors (Lipinski definition) is 8. The number of benzene rings is 1. The Balaban J connectivity index is 1.30. The second-order valence-electron chi connectivity index (χ2n) is 16.0. The summed E-state index contributed by atoms with van der Waals surface area (Å²) >= 11 is 0. The smallest absolute Gasteiger partial charge is 0.305 e. The van der Waals surface area contributed by atoms with Gasteiger partial charge in [-0.2, -0.15) is 0 Å². The minimum Gasteiger partial charge on any atom is -0.481 e. The number of fused-ring (bicyclic) bond motifs is 2. The number of carbonyl (C=O) groups is 8. The number of aliphatic carboxylic acids is 1. The number of nitrogens with zero attached hydrogens (tertiary/aromatic N) is 2. The maximum Gasteiger partial charge on any atom is 0.305 e. The van der Waals surface area contributed by atoms with Crippen molar-refractivity contribution in [1.82, 2.24) is 36.5 Å². The summed E-state index contributed by atoms with van der Waals surface area (Å²) in [6.07, 6.45) is 2.02. The van der Waals surface area contributed by atoms with E-state index in [4.69, 9.17) is 15.2 Å². The van der Waals surface area contributed by atoms with Gasteiger partial charge >= 0.3 is 5.97 Å². The van der Waals surface area contributed by atoms with Crippen LogP contribution in [0.15, 0.2) is 30.5 Å². The number of likely N-dealkylation sites (N-methyl/N-ethyl adjacent to an activating group) is 1. The van der Waals surface area contributed by atoms with Crippen molar-refractivity contribution in [1.29, 1.82) is 0 Å². The summed E-state index contributed by atoms with van der Waals surface area (Å²) in [5.41, 5.74) is 7.46. The summed E-state index contributed by atoms with van der Waals surface area (Å²) in [5, 5.41) is 23.2. The predicted molar refractivity (Wildman–Crippen MR) is 230 cm³/mol. The van der Waals surface area contributed by atoms with Crippen molar-refractivity contribution in [3.05, 3.63) is 36.0 Å². The lowest BCUT2D eigenvalue weighted by molar-refractivity contribution is -0.917. The largest absolute Gasteiger partial charge is 0.481 e. The standard InChI is InChI=1S/C40H57N9O11S2/c1-24-40(58)48-21-26(60-22-25-19-42-28-8-4-3-7-27(25)28)17-32(48)39(57)47-31(36(41)54)23-62-61-16-10-33(50)45-29(9-5-6-11-49(2)12-14-59-15-13-49)37(55)43-20-34(51)46-30(18-35(52)53)38(56)44-24/h3-4,7-8,19,24,26,29-32,42H,5-6,9-18,20-23H2,1-2H3,(H7-,41,43,44,45,46,47,50,51,52,53,54,55,56,57)/p+1/t24-,26?,29-,30?,31?,32-/m0/s1. The van der Waals surface area contributed by atoms with Crippen LogP contribution in [-0.2, 0) is 54.4 Å². The Morgan fingerprint density at radius 1 is 0.952 bits per heavy atom. The van der Waals surface area contributed by atoms with Crippen LogP contribution in [0.1, 0.15) is 51.0 Å². The second kappa shape index (κ2) is 23.0. The van der Waals surface area contributed by atoms with Crippen LogP contribution in [0.4, 0.5) is 0 Å². The molecule has 0 radical (unpaired) electrons. The highest BCUT2D eigenvalue weighted by molar-refractivity contribution is 8.76. The molecular formula is C40H58N9O11S2+. The molecule has 0 spiro atoms. The zero-order valence-electron chi connectivity index (χ0n) is 35.0. The zero-order valence-corrected chi connectivity index (χ0v) is 36.6. The number of unbranched alkanes of at least 4 members (excludes halogenated alkanes) is 1. The molecule has 4 heterocycles. The van der Waals surface area contributed by atoms with Crippen LogP contribution in [-0.4, -0.2) is 168 Å². The van der Waals surface area contributed by atoms with Gasteiger partial charge < -0.3 is 61.3 Å². The van der Waals surface area contributed by atoms with Gasteiger partial charge in [0.15, 0.2) is 0 Å². The van der Waals surface area contributed by atoms with Crippen molar-refractivity contribution < 1.29 is 57.4 Å². The molecule has 62 heavy (non-hydrogen) atoms. The molecule has 3 aliphatic heterocycles. The Kier molecular flexibility index (Phi) is 17.8. The molecule has 6 atom stereocenters. The molecular weight excluding hydrogens is 847 g/mol. The quantitative estimate of drug-likeness (QED) is 0.0774. The maximum absolute atomic E-state index is 14.0. The van der Waals surface area contributed by atoms with Crippen molar-refractivity contribution in [2.24, 2.45) is 5.73 Å². The Morgan fingerprint density at radius 2 is 1.69 bits per heavy atom. The number of quaternary nitrogens is 1. The number of hydrogen-bond acceptors (Lipinski definition) is 12. The summed E-state index contributed by atoms with van der Waals surface area (Å²) in [4.78, 5) is 110. The second-order valence-corrected chi connectivity index (χ2v) is 18.7. The maximum atomic E-state index is 14.0. The number of ether oxygens (including phenoxy) is 2. The van der Waals surface area contributed by atoms with Gasteiger partial charge in [-0.15, -0.1) is 0 Å². The third-order valence-corrected chi connectivity index (χ3v) is 13.6. The lowest BCUT2D eigenvalue weighted by Crippen LogP contribution is -2.58. The Morgan fingerprint density at radius 3 is 2.44 bits per heavy atom. The number of nitrogens with two attached hydrogens (primary N) is 1. The third kappa shape index (κ3) is 14.1. The molecule has 3 fully saturated rings. The van der Waals surface area contributed by atoms with Crippen LogP contribution in [0, 0.1) is 0 Å². The van der Waals surface area contributed by atoms with E-state index in [0.717, 1.165) is 47.0 Å². The van der Waals surface area contributed by atoms with Gasteiger partial charge in [0.2, 0.25) is 41.4 Å². The Bertz CT molecular complexity index is 1940. The first-order valence-corrected chi connectivity index (χ1v) is 23.2. The van der Waals surface area contributed by atoms with Gasteiger partial charge in [0, 0.05) is 53.6 Å². The molecule has 340 valence electrons. The molecule has 0 saturated carbocycles. The summed E-state index contributed by atoms with van der Waals surface area (Å²) < 4.78 is 12.5. The molecule has 1 aromatic carbocycles. The highest BCUT2D eigenvalue weighted by Crippen LogP contribution is 2.27. The SMILES string of the molecule is C[C@@H]1NC(=O)C(CC(=O)O)NC(=O)CNC(=O)[C@H](CCCC[N+]2(C)CCOCC2)NC(=O)CCSSCC(C(N)=O)NC(=O)[C@@H]2CC(OCc3c[nH]c4ccccc34)CN2C1=O. The normalized spacial score (nSPS) is 26.4. The van der Waals surface area contributed by atoms with Gasteiger partial charge in [-0.05, 0) is 32.3 Å². The van der Waals surface area contributed by atoms with Crippen molar-refractivity contribution in [2.45, 2.75) is 88.4 Å². The number of aromatic amines is 1. The molecule has 0 bridgehead atoms. The average molecular weight is 905 g/mol. The van der Waals surface area contributed by atoms with Crippen LogP contribution < -0.4 is 32.3 Å². The first-order chi connectivity index (χ1) is 29.6. The molecule has 1 aromatic heterocycles. The molecule has 3 aliphatic rings. The van der Waals surface area contributed by atoms with Crippen molar-refractivity contribution in [3.8, 4) is 0 Å². The number of morpholine rings is 1. The Hall–Kier alpha value is -4.90. The fraction of sp³-hybridized carbons (Fsp3) is 0.600. The highest BCUT2D eigenvalue weighted by atomic mass is 33.1. The molecule has 5 rings (SSSR count). The molecule has 3 saturated heterocycles. The zero-order chi connectivity index (χ0) is 44.8. The summed E-state index contributed by atoms with van der Waals surface area (Å²) in [6, 6.07) is 1.40.